The zero-order valence-corrected chi connectivity index (χ0v) is 13.7. The number of carbonyl (C=O) groups is 1. The van der Waals surface area contributed by atoms with Gasteiger partial charge in [-0.2, -0.15) is 0 Å². The van der Waals surface area contributed by atoms with E-state index in [4.69, 9.17) is 4.74 Å². The van der Waals surface area contributed by atoms with Crippen LogP contribution >= 0.6 is 0 Å². The van der Waals surface area contributed by atoms with Crippen molar-refractivity contribution < 1.29 is 17.9 Å². The van der Waals surface area contributed by atoms with E-state index >= 15 is 0 Å². The van der Waals surface area contributed by atoms with Gasteiger partial charge in [-0.15, -0.1) is 0 Å². The first-order valence-corrected chi connectivity index (χ1v) is 8.81. The van der Waals surface area contributed by atoms with Gasteiger partial charge in [0.15, 0.2) is 9.84 Å². The SMILES string of the molecule is COC(=O)C(c1ccc2ccccc2n1)S(=O)(=O)c1ccccc1. The van der Waals surface area contributed by atoms with Crippen LogP contribution in [0.2, 0.25) is 0 Å². The van der Waals surface area contributed by atoms with Crippen LogP contribution in [0, 0.1) is 0 Å². The number of carbonyl (C=O) groups excluding carboxylic acids is 1. The summed E-state index contributed by atoms with van der Waals surface area (Å²) in [6.45, 7) is 0. The Morgan fingerprint density at radius 1 is 0.958 bits per heavy atom. The highest BCUT2D eigenvalue weighted by atomic mass is 32.2. The molecule has 24 heavy (non-hydrogen) atoms. The first-order valence-electron chi connectivity index (χ1n) is 7.26. The Bertz CT molecular complexity index is 984. The highest BCUT2D eigenvalue weighted by Gasteiger charge is 2.37. The first kappa shape index (κ1) is 16.1. The minimum atomic E-state index is -3.97. The van der Waals surface area contributed by atoms with Gasteiger partial charge in [0, 0.05) is 5.39 Å². The van der Waals surface area contributed by atoms with Gasteiger partial charge in [0.25, 0.3) is 0 Å². The summed E-state index contributed by atoms with van der Waals surface area (Å²) in [5.41, 5.74) is 0.761. The molecule has 0 saturated carbocycles. The van der Waals surface area contributed by atoms with Crippen LogP contribution in [0.5, 0.6) is 0 Å². The van der Waals surface area contributed by atoms with Crippen LogP contribution in [0.1, 0.15) is 10.9 Å². The Kier molecular flexibility index (Phi) is 4.31. The number of benzene rings is 2. The molecule has 0 radical (unpaired) electrons. The molecule has 2 aromatic carbocycles. The van der Waals surface area contributed by atoms with Crippen LogP contribution < -0.4 is 0 Å². The minimum Gasteiger partial charge on any atom is -0.468 e. The molecule has 1 atom stereocenters. The number of pyridine rings is 1. The zero-order valence-electron chi connectivity index (χ0n) is 12.9. The van der Waals surface area contributed by atoms with Crippen molar-refractivity contribution >= 4 is 26.7 Å². The van der Waals surface area contributed by atoms with Gasteiger partial charge in [0.05, 0.1) is 23.2 Å². The number of esters is 1. The Morgan fingerprint density at radius 3 is 2.33 bits per heavy atom. The van der Waals surface area contributed by atoms with Gasteiger partial charge in [0.2, 0.25) is 5.25 Å². The fraction of sp³-hybridized carbons (Fsp3) is 0.111. The Balaban J connectivity index is 2.17. The molecule has 122 valence electrons. The minimum absolute atomic E-state index is 0.0513. The third-order valence-electron chi connectivity index (χ3n) is 3.69. The van der Waals surface area contributed by atoms with Crippen molar-refractivity contribution in [2.24, 2.45) is 0 Å². The lowest BCUT2D eigenvalue weighted by atomic mass is 10.2. The Labute approximate surface area is 139 Å². The summed E-state index contributed by atoms with van der Waals surface area (Å²) in [4.78, 5) is 16.6. The summed E-state index contributed by atoms with van der Waals surface area (Å²) in [7, 11) is -2.81. The molecule has 5 nitrogen and oxygen atoms in total. The van der Waals surface area contributed by atoms with Gasteiger partial charge in [-0.3, -0.25) is 9.78 Å². The number of aromatic nitrogens is 1. The van der Waals surface area contributed by atoms with E-state index in [2.05, 4.69) is 4.98 Å². The van der Waals surface area contributed by atoms with Gasteiger partial charge in [-0.25, -0.2) is 8.42 Å². The lowest BCUT2D eigenvalue weighted by molar-refractivity contribution is -0.140. The summed E-state index contributed by atoms with van der Waals surface area (Å²) < 4.78 is 30.6. The summed E-state index contributed by atoms with van der Waals surface area (Å²) in [5, 5.41) is -0.642. The highest BCUT2D eigenvalue weighted by molar-refractivity contribution is 7.92. The quantitative estimate of drug-likeness (QED) is 0.682. The fourth-order valence-corrected chi connectivity index (χ4v) is 4.09. The Hall–Kier alpha value is -2.73. The van der Waals surface area contributed by atoms with Crippen molar-refractivity contribution in [1.82, 2.24) is 4.98 Å². The number of nitrogens with zero attached hydrogens (tertiary/aromatic N) is 1. The molecule has 0 amide bonds. The molecule has 0 bridgehead atoms. The van der Waals surface area contributed by atoms with Gasteiger partial charge in [0.1, 0.15) is 0 Å². The molecule has 1 heterocycles. The lowest BCUT2D eigenvalue weighted by Crippen LogP contribution is -2.24. The molecule has 0 saturated heterocycles. The molecule has 0 aliphatic rings. The third-order valence-corrected chi connectivity index (χ3v) is 5.67. The largest absolute Gasteiger partial charge is 0.468 e. The molecule has 0 aliphatic heterocycles. The van der Waals surface area contributed by atoms with Gasteiger partial charge >= 0.3 is 5.97 Å². The van der Waals surface area contributed by atoms with E-state index < -0.39 is 21.1 Å². The predicted octanol–water partition coefficient (Wildman–Crippen LogP) is 2.92. The van der Waals surface area contributed by atoms with Gasteiger partial charge in [-0.1, -0.05) is 42.5 Å². The maximum absolute atomic E-state index is 12.9. The van der Waals surface area contributed by atoms with E-state index in [1.807, 2.05) is 12.1 Å². The van der Waals surface area contributed by atoms with Crippen LogP contribution in [0.3, 0.4) is 0 Å². The van der Waals surface area contributed by atoms with E-state index in [-0.39, 0.29) is 10.6 Å². The first-order chi connectivity index (χ1) is 11.5. The van der Waals surface area contributed by atoms with Crippen molar-refractivity contribution in [3.05, 3.63) is 72.4 Å². The molecular formula is C18H15NO4S. The standard InChI is InChI=1S/C18H15NO4S/c1-23-18(20)17(24(21,22)14-8-3-2-4-9-14)16-12-11-13-7-5-6-10-15(13)19-16/h2-12,17H,1H3. The monoisotopic (exact) mass is 341 g/mol. The van der Waals surface area contributed by atoms with E-state index in [9.17, 15) is 13.2 Å². The summed E-state index contributed by atoms with van der Waals surface area (Å²) >= 11 is 0. The number of ether oxygens (including phenoxy) is 1. The molecular weight excluding hydrogens is 326 g/mol. The van der Waals surface area contributed by atoms with Crippen LogP contribution in [0.4, 0.5) is 0 Å². The highest BCUT2D eigenvalue weighted by Crippen LogP contribution is 2.30. The van der Waals surface area contributed by atoms with Gasteiger partial charge < -0.3 is 4.74 Å². The second-order valence-electron chi connectivity index (χ2n) is 5.19. The number of methoxy groups -OCH3 is 1. The predicted molar refractivity (Wildman–Crippen MR) is 90.1 cm³/mol. The van der Waals surface area contributed by atoms with E-state index in [0.717, 1.165) is 12.5 Å². The molecule has 1 unspecified atom stereocenters. The van der Waals surface area contributed by atoms with Crippen molar-refractivity contribution in [2.45, 2.75) is 10.1 Å². The average Bonchev–Trinajstić information content (AvgIpc) is 2.62. The Morgan fingerprint density at radius 2 is 1.62 bits per heavy atom. The third kappa shape index (κ3) is 2.88. The van der Waals surface area contributed by atoms with Crippen LogP contribution in [0.15, 0.2) is 71.6 Å². The van der Waals surface area contributed by atoms with Gasteiger partial charge in [-0.05, 0) is 24.3 Å². The molecule has 0 aliphatic carbocycles. The number of para-hydroxylation sites is 1. The number of hydrogen-bond acceptors (Lipinski definition) is 5. The van der Waals surface area contributed by atoms with Crippen molar-refractivity contribution in [3.8, 4) is 0 Å². The van der Waals surface area contributed by atoms with E-state index in [1.165, 1.54) is 12.1 Å². The second-order valence-corrected chi connectivity index (χ2v) is 7.22. The maximum atomic E-state index is 12.9. The average molecular weight is 341 g/mol. The van der Waals surface area contributed by atoms with E-state index in [1.54, 1.807) is 42.5 Å². The number of rotatable bonds is 4. The van der Waals surface area contributed by atoms with Crippen LogP contribution in [-0.4, -0.2) is 26.5 Å². The smallest absolute Gasteiger partial charge is 0.330 e. The normalized spacial score (nSPS) is 12.7. The molecule has 3 aromatic rings. The molecule has 0 N–H and O–H groups in total. The molecule has 0 spiro atoms. The van der Waals surface area contributed by atoms with Crippen molar-refractivity contribution in [1.29, 1.82) is 0 Å². The summed E-state index contributed by atoms with van der Waals surface area (Å²) in [6, 6.07) is 18.4. The van der Waals surface area contributed by atoms with Crippen molar-refractivity contribution in [2.75, 3.05) is 7.11 Å². The number of hydrogen-bond donors (Lipinski definition) is 0. The van der Waals surface area contributed by atoms with E-state index in [0.29, 0.717) is 5.52 Å². The second kappa shape index (κ2) is 6.41. The molecule has 1 aromatic heterocycles. The molecule has 3 rings (SSSR count). The molecule has 6 heteroatoms. The van der Waals surface area contributed by atoms with Crippen LogP contribution in [-0.2, 0) is 19.4 Å². The lowest BCUT2D eigenvalue weighted by Gasteiger charge is -2.15. The topological polar surface area (TPSA) is 73.3 Å². The number of sulfone groups is 1. The molecule has 0 fully saturated rings. The van der Waals surface area contributed by atoms with Crippen molar-refractivity contribution in [3.63, 3.8) is 0 Å². The zero-order chi connectivity index (χ0) is 17.2. The number of fused-ring (bicyclic) bond motifs is 1. The maximum Gasteiger partial charge on any atom is 0.330 e. The summed E-state index contributed by atoms with van der Waals surface area (Å²) in [6.07, 6.45) is 0. The summed E-state index contributed by atoms with van der Waals surface area (Å²) in [5.74, 6) is -0.860. The van der Waals surface area contributed by atoms with Crippen LogP contribution in [0.25, 0.3) is 10.9 Å². The fourth-order valence-electron chi connectivity index (χ4n) is 2.49.